The third kappa shape index (κ3) is 3.67. The molecule has 4 rings (SSSR count). The van der Waals surface area contributed by atoms with Crippen molar-refractivity contribution in [3.05, 3.63) is 40.7 Å². The molecule has 2 aromatic rings. The molecule has 1 aromatic heterocycles. The van der Waals surface area contributed by atoms with E-state index in [1.807, 2.05) is 0 Å². The third-order valence-corrected chi connectivity index (χ3v) is 7.09. The van der Waals surface area contributed by atoms with Crippen LogP contribution in [-0.2, 0) is 27.7 Å². The fourth-order valence-electron chi connectivity index (χ4n) is 3.35. The van der Waals surface area contributed by atoms with Crippen LogP contribution in [0.1, 0.15) is 11.3 Å². The second-order valence-corrected chi connectivity index (χ2v) is 8.97. The Morgan fingerprint density at radius 1 is 1.21 bits per heavy atom. The normalized spacial score (nSPS) is 18.0. The van der Waals surface area contributed by atoms with Gasteiger partial charge in [-0.3, -0.25) is 0 Å². The number of sulfonamides is 1. The molecule has 0 amide bonds. The largest absolute Gasteiger partial charge is 0.495 e. The zero-order valence-electron chi connectivity index (χ0n) is 15.5. The first kappa shape index (κ1) is 19.4. The van der Waals surface area contributed by atoms with Crippen molar-refractivity contribution in [1.82, 2.24) is 14.3 Å². The number of hydrogen-bond donors (Lipinski definition) is 0. The van der Waals surface area contributed by atoms with Crippen molar-refractivity contribution in [1.29, 1.82) is 0 Å². The van der Waals surface area contributed by atoms with Crippen LogP contribution in [0.3, 0.4) is 0 Å². The predicted octanol–water partition coefficient (Wildman–Crippen LogP) is 1.72. The van der Waals surface area contributed by atoms with Gasteiger partial charge in [0.25, 0.3) is 0 Å². The van der Waals surface area contributed by atoms with E-state index >= 15 is 0 Å². The van der Waals surface area contributed by atoms with Gasteiger partial charge in [0.2, 0.25) is 16.0 Å². The molecule has 0 saturated carbocycles. The van der Waals surface area contributed by atoms with Gasteiger partial charge in [-0.25, -0.2) is 18.4 Å². The Labute approximate surface area is 169 Å². The van der Waals surface area contributed by atoms with Gasteiger partial charge in [0.05, 0.1) is 42.5 Å². The van der Waals surface area contributed by atoms with E-state index in [0.29, 0.717) is 37.9 Å². The second kappa shape index (κ2) is 7.82. The third-order valence-electron chi connectivity index (χ3n) is 4.95. The minimum absolute atomic E-state index is 0.143. The molecule has 2 aliphatic rings. The highest BCUT2D eigenvalue weighted by atomic mass is 35.5. The van der Waals surface area contributed by atoms with Crippen LogP contribution in [-0.4, -0.2) is 62.6 Å². The fourth-order valence-corrected chi connectivity index (χ4v) is 5.10. The molecule has 1 fully saturated rings. The van der Waals surface area contributed by atoms with E-state index in [1.54, 1.807) is 12.3 Å². The van der Waals surface area contributed by atoms with E-state index in [4.69, 9.17) is 21.1 Å². The number of nitrogens with zero attached hydrogens (tertiary/aromatic N) is 4. The first-order valence-electron chi connectivity index (χ1n) is 9.00. The van der Waals surface area contributed by atoms with Gasteiger partial charge in [-0.15, -0.1) is 0 Å². The fraction of sp³-hybridized carbons (Fsp3) is 0.444. The number of rotatable bonds is 4. The molecule has 8 nitrogen and oxygen atoms in total. The Balaban J connectivity index is 1.59. The molecule has 0 aliphatic carbocycles. The standard InChI is InChI=1S/C18H21ClN4O4S/c1-26-17-3-2-14(10-15(17)19)28(24,25)23-5-4-13-11-20-18(21-16(13)12-23)22-6-8-27-9-7-22/h2-3,10-11H,4-9,12H2,1H3. The van der Waals surface area contributed by atoms with Crippen molar-refractivity contribution >= 4 is 27.6 Å². The topological polar surface area (TPSA) is 84.9 Å². The molecule has 3 heterocycles. The van der Waals surface area contributed by atoms with Crippen LogP contribution >= 0.6 is 11.6 Å². The zero-order valence-corrected chi connectivity index (χ0v) is 17.0. The number of benzene rings is 1. The van der Waals surface area contributed by atoms with Crippen molar-refractivity contribution in [2.45, 2.75) is 17.9 Å². The van der Waals surface area contributed by atoms with Crippen molar-refractivity contribution in [2.75, 3.05) is 44.9 Å². The van der Waals surface area contributed by atoms with Gasteiger partial charge in [-0.1, -0.05) is 11.6 Å². The Morgan fingerprint density at radius 3 is 2.71 bits per heavy atom. The molecule has 150 valence electrons. The van der Waals surface area contributed by atoms with Crippen molar-refractivity contribution in [3.63, 3.8) is 0 Å². The van der Waals surface area contributed by atoms with Crippen LogP contribution in [0.15, 0.2) is 29.3 Å². The predicted molar refractivity (Wildman–Crippen MR) is 104 cm³/mol. The Hall–Kier alpha value is -1.94. The number of morpholine rings is 1. The minimum Gasteiger partial charge on any atom is -0.495 e. The number of fused-ring (bicyclic) bond motifs is 1. The summed E-state index contributed by atoms with van der Waals surface area (Å²) in [4.78, 5) is 11.3. The number of methoxy groups -OCH3 is 1. The van der Waals surface area contributed by atoms with Gasteiger partial charge in [-0.2, -0.15) is 4.31 Å². The zero-order chi connectivity index (χ0) is 19.7. The molecule has 0 unspecified atom stereocenters. The number of aromatic nitrogens is 2. The summed E-state index contributed by atoms with van der Waals surface area (Å²) in [6.45, 7) is 3.31. The molecule has 1 saturated heterocycles. The lowest BCUT2D eigenvalue weighted by Crippen LogP contribution is -2.39. The maximum absolute atomic E-state index is 13.1. The summed E-state index contributed by atoms with van der Waals surface area (Å²) >= 11 is 6.12. The van der Waals surface area contributed by atoms with Gasteiger partial charge in [0.15, 0.2) is 0 Å². The van der Waals surface area contributed by atoms with Crippen LogP contribution in [0.2, 0.25) is 5.02 Å². The van der Waals surface area contributed by atoms with Crippen LogP contribution in [0.25, 0.3) is 0 Å². The lowest BCUT2D eigenvalue weighted by Gasteiger charge is -2.30. The molecular weight excluding hydrogens is 404 g/mol. The first-order valence-corrected chi connectivity index (χ1v) is 10.8. The molecule has 2 aliphatic heterocycles. The van der Waals surface area contributed by atoms with Gasteiger partial charge in [0.1, 0.15) is 5.75 Å². The van der Waals surface area contributed by atoms with Crippen molar-refractivity contribution in [2.24, 2.45) is 0 Å². The van der Waals surface area contributed by atoms with E-state index in [0.717, 1.165) is 24.3 Å². The molecule has 0 spiro atoms. The Morgan fingerprint density at radius 2 is 2.00 bits per heavy atom. The highest BCUT2D eigenvalue weighted by molar-refractivity contribution is 7.89. The highest BCUT2D eigenvalue weighted by Gasteiger charge is 2.30. The minimum atomic E-state index is -3.69. The lowest BCUT2D eigenvalue weighted by atomic mass is 10.1. The summed E-state index contributed by atoms with van der Waals surface area (Å²) < 4.78 is 38.1. The molecule has 0 atom stereocenters. The number of ether oxygens (including phenoxy) is 2. The van der Waals surface area contributed by atoms with Crippen LogP contribution < -0.4 is 9.64 Å². The van der Waals surface area contributed by atoms with Crippen molar-refractivity contribution in [3.8, 4) is 5.75 Å². The summed E-state index contributed by atoms with van der Waals surface area (Å²) in [5.74, 6) is 1.06. The van der Waals surface area contributed by atoms with E-state index in [1.165, 1.54) is 23.5 Å². The summed E-state index contributed by atoms with van der Waals surface area (Å²) in [6.07, 6.45) is 2.38. The first-order chi connectivity index (χ1) is 13.5. The number of anilines is 1. The van der Waals surface area contributed by atoms with E-state index in [2.05, 4.69) is 14.9 Å². The number of hydrogen-bond acceptors (Lipinski definition) is 7. The summed E-state index contributed by atoms with van der Waals surface area (Å²) in [7, 11) is -2.20. The van der Waals surface area contributed by atoms with Crippen LogP contribution in [0.5, 0.6) is 5.75 Å². The molecule has 10 heteroatoms. The van der Waals surface area contributed by atoms with Gasteiger partial charge >= 0.3 is 0 Å². The van der Waals surface area contributed by atoms with Crippen LogP contribution in [0.4, 0.5) is 5.95 Å². The molecule has 0 N–H and O–H groups in total. The molecule has 28 heavy (non-hydrogen) atoms. The smallest absolute Gasteiger partial charge is 0.243 e. The molecule has 0 radical (unpaired) electrons. The summed E-state index contributed by atoms with van der Waals surface area (Å²) in [6, 6.07) is 4.49. The Kier molecular flexibility index (Phi) is 5.42. The number of halogens is 1. The molecule has 1 aromatic carbocycles. The van der Waals surface area contributed by atoms with E-state index in [-0.39, 0.29) is 16.5 Å². The molecular formula is C18H21ClN4O4S. The van der Waals surface area contributed by atoms with Crippen LogP contribution in [0, 0.1) is 0 Å². The van der Waals surface area contributed by atoms with E-state index in [9.17, 15) is 8.42 Å². The summed E-state index contributed by atoms with van der Waals surface area (Å²) in [5.41, 5.74) is 1.72. The maximum atomic E-state index is 13.1. The summed E-state index contributed by atoms with van der Waals surface area (Å²) in [5, 5.41) is 0.262. The van der Waals surface area contributed by atoms with Gasteiger partial charge < -0.3 is 14.4 Å². The quantitative estimate of drug-likeness (QED) is 0.738. The SMILES string of the molecule is COc1ccc(S(=O)(=O)N2CCc3cnc(N4CCOCC4)nc3C2)cc1Cl. The van der Waals surface area contributed by atoms with Gasteiger partial charge in [0, 0.05) is 25.8 Å². The highest BCUT2D eigenvalue weighted by Crippen LogP contribution is 2.30. The average Bonchev–Trinajstić information content (AvgIpc) is 2.73. The monoisotopic (exact) mass is 424 g/mol. The van der Waals surface area contributed by atoms with Crippen molar-refractivity contribution < 1.29 is 17.9 Å². The Bertz CT molecular complexity index is 980. The van der Waals surface area contributed by atoms with Gasteiger partial charge in [-0.05, 0) is 30.2 Å². The second-order valence-electron chi connectivity index (χ2n) is 6.63. The van der Waals surface area contributed by atoms with E-state index < -0.39 is 10.0 Å². The molecule has 0 bridgehead atoms. The lowest BCUT2D eigenvalue weighted by molar-refractivity contribution is 0.122. The maximum Gasteiger partial charge on any atom is 0.243 e. The average molecular weight is 425 g/mol.